The van der Waals surface area contributed by atoms with Gasteiger partial charge in [-0.25, -0.2) is 0 Å². The summed E-state index contributed by atoms with van der Waals surface area (Å²) in [4.78, 5) is 12.9. The van der Waals surface area contributed by atoms with Crippen molar-refractivity contribution in [3.8, 4) is 5.75 Å². The van der Waals surface area contributed by atoms with Gasteiger partial charge in [-0.3, -0.25) is 4.79 Å². The summed E-state index contributed by atoms with van der Waals surface area (Å²) < 4.78 is 5.56. The lowest BCUT2D eigenvalue weighted by Crippen LogP contribution is -2.34. The molecule has 5 heteroatoms. The number of nitrogens with one attached hydrogen (secondary N) is 1. The van der Waals surface area contributed by atoms with Crippen molar-refractivity contribution in [2.24, 2.45) is 0 Å². The fourth-order valence-electron chi connectivity index (χ4n) is 1.79. The quantitative estimate of drug-likeness (QED) is 0.669. The highest BCUT2D eigenvalue weighted by Crippen LogP contribution is 2.13. The number of aryl methyl sites for hydroxylation is 1. The molecule has 1 unspecified atom stereocenters. The van der Waals surface area contributed by atoms with Crippen LogP contribution in [-0.4, -0.2) is 55.8 Å². The molecule has 118 valence electrons. The summed E-state index contributed by atoms with van der Waals surface area (Å²) in [6, 6.07) is 7.86. The normalized spacial score (nSPS) is 12.0. The number of amides is 1. The molecule has 0 aliphatic carbocycles. The van der Waals surface area contributed by atoms with Crippen LogP contribution >= 0.6 is 0 Å². The van der Waals surface area contributed by atoms with Crippen molar-refractivity contribution in [1.29, 1.82) is 0 Å². The lowest BCUT2D eigenvalue weighted by Gasteiger charge is -2.14. The molecule has 5 nitrogen and oxygen atoms in total. The first-order chi connectivity index (χ1) is 10.0. The number of benzene rings is 1. The van der Waals surface area contributed by atoms with Crippen LogP contribution in [0.25, 0.3) is 0 Å². The van der Waals surface area contributed by atoms with E-state index in [-0.39, 0.29) is 12.5 Å². The average Bonchev–Trinajstić information content (AvgIpc) is 2.49. The van der Waals surface area contributed by atoms with Crippen LogP contribution in [0.1, 0.15) is 18.9 Å². The van der Waals surface area contributed by atoms with Crippen molar-refractivity contribution < 1.29 is 14.6 Å². The Labute approximate surface area is 126 Å². The average molecular weight is 294 g/mol. The summed E-state index contributed by atoms with van der Waals surface area (Å²) in [7, 11) is 3.46. The lowest BCUT2D eigenvalue weighted by molar-refractivity contribution is -0.128. The number of ether oxygens (including phenoxy) is 1. The van der Waals surface area contributed by atoms with Crippen molar-refractivity contribution in [3.05, 3.63) is 29.8 Å². The van der Waals surface area contributed by atoms with Gasteiger partial charge in [0.1, 0.15) is 18.5 Å². The number of carbonyl (C=O) groups is 1. The Bertz CT molecular complexity index is 435. The molecule has 1 aromatic rings. The van der Waals surface area contributed by atoms with Crippen molar-refractivity contribution >= 4 is 5.91 Å². The van der Waals surface area contributed by atoms with Gasteiger partial charge >= 0.3 is 0 Å². The molecule has 0 radical (unpaired) electrons. The highest BCUT2D eigenvalue weighted by atomic mass is 16.5. The maximum atomic E-state index is 11.4. The zero-order valence-electron chi connectivity index (χ0n) is 13.1. The van der Waals surface area contributed by atoms with Crippen LogP contribution in [0, 0.1) is 0 Å². The molecule has 0 aromatic heterocycles. The topological polar surface area (TPSA) is 61.8 Å². The minimum Gasteiger partial charge on any atom is -0.491 e. The van der Waals surface area contributed by atoms with Crippen LogP contribution in [0.5, 0.6) is 5.75 Å². The Hall–Kier alpha value is -1.59. The van der Waals surface area contributed by atoms with E-state index < -0.39 is 6.10 Å². The minimum absolute atomic E-state index is 0.0737. The first-order valence-electron chi connectivity index (χ1n) is 7.33. The van der Waals surface area contributed by atoms with Gasteiger partial charge in [-0.1, -0.05) is 19.1 Å². The van der Waals surface area contributed by atoms with Gasteiger partial charge in [-0.2, -0.15) is 0 Å². The number of nitrogens with zero attached hydrogens (tertiary/aromatic N) is 1. The van der Waals surface area contributed by atoms with Gasteiger partial charge in [0.25, 0.3) is 0 Å². The fourth-order valence-corrected chi connectivity index (χ4v) is 1.79. The van der Waals surface area contributed by atoms with Crippen molar-refractivity contribution in [1.82, 2.24) is 10.2 Å². The van der Waals surface area contributed by atoms with Gasteiger partial charge < -0.3 is 20.1 Å². The molecule has 0 aliphatic rings. The highest BCUT2D eigenvalue weighted by Gasteiger charge is 2.07. The first-order valence-corrected chi connectivity index (χ1v) is 7.33. The highest BCUT2D eigenvalue weighted by molar-refractivity contribution is 5.75. The number of aliphatic hydroxyl groups excluding tert-OH is 1. The molecule has 1 atom stereocenters. The van der Waals surface area contributed by atoms with E-state index in [9.17, 15) is 9.90 Å². The van der Waals surface area contributed by atoms with Crippen LogP contribution in [0.2, 0.25) is 0 Å². The Morgan fingerprint density at radius 2 is 2.19 bits per heavy atom. The number of rotatable bonds is 9. The Morgan fingerprint density at radius 3 is 2.86 bits per heavy atom. The SMILES string of the molecule is CCc1cccc(OCC(O)CNCCC(=O)N(C)C)c1. The van der Waals surface area contributed by atoms with Crippen LogP contribution in [0.4, 0.5) is 0 Å². The third kappa shape index (κ3) is 7.11. The van der Waals surface area contributed by atoms with Crippen LogP contribution in [-0.2, 0) is 11.2 Å². The molecule has 0 aliphatic heterocycles. The van der Waals surface area contributed by atoms with Crippen LogP contribution in [0.15, 0.2) is 24.3 Å². The van der Waals surface area contributed by atoms with E-state index in [1.807, 2.05) is 24.3 Å². The smallest absolute Gasteiger partial charge is 0.223 e. The molecule has 1 aromatic carbocycles. The van der Waals surface area contributed by atoms with Gasteiger partial charge in [0, 0.05) is 33.6 Å². The molecular formula is C16H26N2O3. The Kier molecular flexibility index (Phi) is 7.79. The zero-order valence-corrected chi connectivity index (χ0v) is 13.1. The monoisotopic (exact) mass is 294 g/mol. The van der Waals surface area contributed by atoms with Crippen molar-refractivity contribution in [2.75, 3.05) is 33.8 Å². The molecule has 0 saturated heterocycles. The number of hydrogen-bond donors (Lipinski definition) is 2. The predicted molar refractivity (Wildman–Crippen MR) is 83.5 cm³/mol. The summed E-state index contributed by atoms with van der Waals surface area (Å²) in [5.74, 6) is 0.848. The Morgan fingerprint density at radius 1 is 1.43 bits per heavy atom. The van der Waals surface area contributed by atoms with E-state index in [0.29, 0.717) is 19.5 Å². The van der Waals surface area contributed by atoms with Crippen LogP contribution < -0.4 is 10.1 Å². The Balaban J connectivity index is 2.19. The van der Waals surface area contributed by atoms with Gasteiger partial charge in [0.05, 0.1) is 0 Å². The lowest BCUT2D eigenvalue weighted by atomic mass is 10.2. The molecule has 1 amide bonds. The molecule has 0 bridgehead atoms. The molecule has 21 heavy (non-hydrogen) atoms. The summed E-state index contributed by atoms with van der Waals surface area (Å²) in [6.07, 6.45) is 0.796. The minimum atomic E-state index is -0.593. The van der Waals surface area contributed by atoms with Crippen molar-refractivity contribution in [2.45, 2.75) is 25.9 Å². The van der Waals surface area contributed by atoms with E-state index in [1.54, 1.807) is 19.0 Å². The number of aliphatic hydroxyl groups is 1. The van der Waals surface area contributed by atoms with Gasteiger partial charge in [-0.05, 0) is 24.1 Å². The van der Waals surface area contributed by atoms with E-state index in [1.165, 1.54) is 5.56 Å². The number of hydrogen-bond acceptors (Lipinski definition) is 4. The first kappa shape index (κ1) is 17.5. The molecular weight excluding hydrogens is 268 g/mol. The number of carbonyl (C=O) groups excluding carboxylic acids is 1. The molecule has 1 rings (SSSR count). The van der Waals surface area contributed by atoms with Gasteiger partial charge in [0.2, 0.25) is 5.91 Å². The molecule has 0 spiro atoms. The van der Waals surface area contributed by atoms with Gasteiger partial charge in [-0.15, -0.1) is 0 Å². The zero-order chi connectivity index (χ0) is 15.7. The summed E-state index contributed by atoms with van der Waals surface area (Å²) in [5.41, 5.74) is 1.21. The van der Waals surface area contributed by atoms with E-state index in [0.717, 1.165) is 12.2 Å². The summed E-state index contributed by atoms with van der Waals surface area (Å²) >= 11 is 0. The van der Waals surface area contributed by atoms with E-state index in [2.05, 4.69) is 12.2 Å². The molecule has 0 fully saturated rings. The molecule has 2 N–H and O–H groups in total. The van der Waals surface area contributed by atoms with Crippen LogP contribution in [0.3, 0.4) is 0 Å². The predicted octanol–water partition coefficient (Wildman–Crippen LogP) is 1.06. The molecule has 0 saturated carbocycles. The standard InChI is InChI=1S/C16H26N2O3/c1-4-13-6-5-7-15(10-13)21-12-14(19)11-17-9-8-16(20)18(2)3/h5-7,10,14,17,19H,4,8-9,11-12H2,1-3H3. The second kappa shape index (κ2) is 9.37. The second-order valence-electron chi connectivity index (χ2n) is 5.21. The summed E-state index contributed by atoms with van der Waals surface area (Å²) in [5, 5.41) is 12.9. The third-order valence-electron chi connectivity index (χ3n) is 3.14. The maximum Gasteiger partial charge on any atom is 0.223 e. The molecule has 0 heterocycles. The summed E-state index contributed by atoms with van der Waals surface area (Å²) in [6.45, 7) is 3.29. The van der Waals surface area contributed by atoms with Crippen molar-refractivity contribution in [3.63, 3.8) is 0 Å². The van der Waals surface area contributed by atoms with E-state index in [4.69, 9.17) is 4.74 Å². The second-order valence-corrected chi connectivity index (χ2v) is 5.21. The third-order valence-corrected chi connectivity index (χ3v) is 3.14. The van der Waals surface area contributed by atoms with Gasteiger partial charge in [0.15, 0.2) is 0 Å². The maximum absolute atomic E-state index is 11.4. The van der Waals surface area contributed by atoms with E-state index >= 15 is 0 Å². The largest absolute Gasteiger partial charge is 0.491 e. The fraction of sp³-hybridized carbons (Fsp3) is 0.562.